The highest BCUT2D eigenvalue weighted by atomic mass is 19.4. The molecule has 0 spiro atoms. The Bertz CT molecular complexity index is 369. The number of ether oxygens (including phenoxy) is 1. The molecule has 0 atom stereocenters. The lowest BCUT2D eigenvalue weighted by molar-refractivity contribution is -0.146. The van der Waals surface area contributed by atoms with Gasteiger partial charge in [-0.1, -0.05) is 18.2 Å². The highest BCUT2D eigenvalue weighted by Gasteiger charge is 2.30. The van der Waals surface area contributed by atoms with Crippen molar-refractivity contribution in [3.8, 4) is 5.75 Å². The Morgan fingerprint density at radius 3 is 2.50 bits per heavy atom. The monoisotopic (exact) mass is 262 g/mol. The Morgan fingerprint density at radius 2 is 1.94 bits per heavy atom. The molecule has 0 amide bonds. The second-order valence-electron chi connectivity index (χ2n) is 3.93. The number of rotatable bonds is 6. The van der Waals surface area contributed by atoms with Gasteiger partial charge in [0.2, 0.25) is 0 Å². The minimum atomic E-state index is -4.23. The molecule has 0 radical (unpaired) electrons. The molecular formula is C12H17F3N2O. The van der Waals surface area contributed by atoms with Crippen LogP contribution in [0.4, 0.5) is 13.2 Å². The molecule has 0 fully saturated rings. The standard InChI is InChI=1S/C12H17F3N2O/c1-18-11-5-3-2-4-10(11)8-17(7-6-16)9-12(13,14)15/h2-5H,6-9,16H2,1H3. The van der Waals surface area contributed by atoms with E-state index in [4.69, 9.17) is 10.5 Å². The summed E-state index contributed by atoms with van der Waals surface area (Å²) in [5, 5.41) is 0. The van der Waals surface area contributed by atoms with Crippen LogP contribution in [0.15, 0.2) is 24.3 Å². The van der Waals surface area contributed by atoms with Gasteiger partial charge in [-0.2, -0.15) is 13.2 Å². The normalized spacial score (nSPS) is 11.9. The summed E-state index contributed by atoms with van der Waals surface area (Å²) in [4.78, 5) is 1.26. The molecule has 0 aliphatic carbocycles. The average molecular weight is 262 g/mol. The van der Waals surface area contributed by atoms with Crippen LogP contribution in [0.25, 0.3) is 0 Å². The highest BCUT2D eigenvalue weighted by molar-refractivity contribution is 5.33. The molecule has 1 aromatic carbocycles. The van der Waals surface area contributed by atoms with E-state index in [1.54, 1.807) is 24.3 Å². The number of methoxy groups -OCH3 is 1. The highest BCUT2D eigenvalue weighted by Crippen LogP contribution is 2.22. The van der Waals surface area contributed by atoms with E-state index in [0.29, 0.717) is 5.75 Å². The Morgan fingerprint density at radius 1 is 1.28 bits per heavy atom. The fraction of sp³-hybridized carbons (Fsp3) is 0.500. The van der Waals surface area contributed by atoms with Crippen LogP contribution in [-0.4, -0.2) is 37.8 Å². The fourth-order valence-electron chi connectivity index (χ4n) is 1.72. The Hall–Kier alpha value is -1.27. The first-order chi connectivity index (χ1) is 8.46. The molecule has 3 nitrogen and oxygen atoms in total. The maximum absolute atomic E-state index is 12.4. The minimum Gasteiger partial charge on any atom is -0.496 e. The van der Waals surface area contributed by atoms with E-state index in [-0.39, 0.29) is 19.6 Å². The molecule has 0 saturated carbocycles. The summed E-state index contributed by atoms with van der Waals surface area (Å²) in [5.41, 5.74) is 6.05. The summed E-state index contributed by atoms with van der Waals surface area (Å²) < 4.78 is 42.3. The van der Waals surface area contributed by atoms with Gasteiger partial charge in [0.15, 0.2) is 0 Å². The second kappa shape index (κ2) is 6.61. The lowest BCUT2D eigenvalue weighted by atomic mass is 10.2. The molecule has 0 aliphatic rings. The third kappa shape index (κ3) is 4.93. The molecular weight excluding hydrogens is 245 g/mol. The van der Waals surface area contributed by atoms with E-state index in [9.17, 15) is 13.2 Å². The van der Waals surface area contributed by atoms with Crippen LogP contribution in [0, 0.1) is 0 Å². The molecule has 6 heteroatoms. The zero-order valence-corrected chi connectivity index (χ0v) is 10.2. The minimum absolute atomic E-state index is 0.167. The SMILES string of the molecule is COc1ccccc1CN(CCN)CC(F)(F)F. The van der Waals surface area contributed by atoms with Gasteiger partial charge in [0.25, 0.3) is 0 Å². The van der Waals surface area contributed by atoms with Gasteiger partial charge in [-0.3, -0.25) is 4.90 Å². The van der Waals surface area contributed by atoms with E-state index < -0.39 is 12.7 Å². The number of alkyl halides is 3. The average Bonchev–Trinajstić information content (AvgIpc) is 2.28. The van der Waals surface area contributed by atoms with Gasteiger partial charge >= 0.3 is 6.18 Å². The van der Waals surface area contributed by atoms with Gasteiger partial charge in [-0.25, -0.2) is 0 Å². The lowest BCUT2D eigenvalue weighted by Gasteiger charge is -2.23. The number of nitrogens with zero attached hydrogens (tertiary/aromatic N) is 1. The largest absolute Gasteiger partial charge is 0.496 e. The van der Waals surface area contributed by atoms with Crippen molar-refractivity contribution in [3.05, 3.63) is 29.8 Å². The topological polar surface area (TPSA) is 38.5 Å². The van der Waals surface area contributed by atoms with Crippen molar-refractivity contribution < 1.29 is 17.9 Å². The summed E-state index contributed by atoms with van der Waals surface area (Å²) in [6.45, 7) is -0.425. The molecule has 18 heavy (non-hydrogen) atoms. The van der Waals surface area contributed by atoms with Crippen molar-refractivity contribution >= 4 is 0 Å². The van der Waals surface area contributed by atoms with Gasteiger partial charge in [-0.05, 0) is 6.07 Å². The number of halogens is 3. The van der Waals surface area contributed by atoms with E-state index >= 15 is 0 Å². The van der Waals surface area contributed by atoms with Crippen LogP contribution in [-0.2, 0) is 6.54 Å². The van der Waals surface area contributed by atoms with E-state index in [0.717, 1.165) is 5.56 Å². The molecule has 102 valence electrons. The van der Waals surface area contributed by atoms with Gasteiger partial charge in [0, 0.05) is 25.2 Å². The smallest absolute Gasteiger partial charge is 0.401 e. The number of para-hydroxylation sites is 1. The lowest BCUT2D eigenvalue weighted by Crippen LogP contribution is -2.37. The predicted molar refractivity (Wildman–Crippen MR) is 63.4 cm³/mol. The van der Waals surface area contributed by atoms with Crippen LogP contribution >= 0.6 is 0 Å². The molecule has 1 rings (SSSR count). The molecule has 1 aromatic rings. The maximum atomic E-state index is 12.4. The van der Waals surface area contributed by atoms with Crippen molar-refractivity contribution in [1.82, 2.24) is 4.90 Å². The van der Waals surface area contributed by atoms with Crippen LogP contribution in [0.5, 0.6) is 5.75 Å². The summed E-state index contributed by atoms with van der Waals surface area (Å²) in [6.07, 6.45) is -4.23. The molecule has 0 unspecified atom stereocenters. The van der Waals surface area contributed by atoms with Crippen molar-refractivity contribution in [2.45, 2.75) is 12.7 Å². The van der Waals surface area contributed by atoms with Crippen LogP contribution in [0.3, 0.4) is 0 Å². The predicted octanol–water partition coefficient (Wildman–Crippen LogP) is 2.02. The second-order valence-corrected chi connectivity index (χ2v) is 3.93. The molecule has 0 aliphatic heterocycles. The molecule has 0 aromatic heterocycles. The number of nitrogens with two attached hydrogens (primary N) is 1. The quantitative estimate of drug-likeness (QED) is 0.852. The van der Waals surface area contributed by atoms with Crippen molar-refractivity contribution in [2.75, 3.05) is 26.7 Å². The third-order valence-electron chi connectivity index (χ3n) is 2.43. The van der Waals surface area contributed by atoms with Gasteiger partial charge in [-0.15, -0.1) is 0 Å². The third-order valence-corrected chi connectivity index (χ3v) is 2.43. The van der Waals surface area contributed by atoms with Crippen LogP contribution in [0.1, 0.15) is 5.56 Å². The van der Waals surface area contributed by atoms with Crippen LogP contribution < -0.4 is 10.5 Å². The molecule has 0 saturated heterocycles. The first kappa shape index (κ1) is 14.8. The van der Waals surface area contributed by atoms with Gasteiger partial charge in [0.1, 0.15) is 5.75 Å². The van der Waals surface area contributed by atoms with E-state index in [1.165, 1.54) is 12.0 Å². The molecule has 0 heterocycles. The summed E-state index contributed by atoms with van der Waals surface area (Å²) in [5.74, 6) is 0.585. The van der Waals surface area contributed by atoms with Gasteiger partial charge in [0.05, 0.1) is 13.7 Å². The number of benzene rings is 1. The zero-order valence-electron chi connectivity index (χ0n) is 10.2. The Labute approximate surface area is 104 Å². The van der Waals surface area contributed by atoms with E-state index in [2.05, 4.69) is 0 Å². The molecule has 0 bridgehead atoms. The summed E-state index contributed by atoms with van der Waals surface area (Å²) >= 11 is 0. The number of hydrogen-bond acceptors (Lipinski definition) is 3. The molecule has 2 N–H and O–H groups in total. The summed E-state index contributed by atoms with van der Waals surface area (Å²) in [7, 11) is 1.50. The Balaban J connectivity index is 2.76. The van der Waals surface area contributed by atoms with Crippen LogP contribution in [0.2, 0.25) is 0 Å². The zero-order chi connectivity index (χ0) is 13.6. The number of hydrogen-bond donors (Lipinski definition) is 1. The maximum Gasteiger partial charge on any atom is 0.401 e. The Kier molecular flexibility index (Phi) is 5.43. The fourth-order valence-corrected chi connectivity index (χ4v) is 1.72. The summed E-state index contributed by atoms with van der Waals surface area (Å²) in [6, 6.07) is 7.02. The van der Waals surface area contributed by atoms with Crippen molar-refractivity contribution in [1.29, 1.82) is 0 Å². The van der Waals surface area contributed by atoms with Crippen molar-refractivity contribution in [2.24, 2.45) is 5.73 Å². The van der Waals surface area contributed by atoms with E-state index in [1.807, 2.05) is 0 Å². The van der Waals surface area contributed by atoms with Gasteiger partial charge < -0.3 is 10.5 Å². The first-order valence-electron chi connectivity index (χ1n) is 5.57. The van der Waals surface area contributed by atoms with Crippen molar-refractivity contribution in [3.63, 3.8) is 0 Å². The first-order valence-corrected chi connectivity index (χ1v) is 5.57.